The van der Waals surface area contributed by atoms with Crippen LogP contribution in [0.4, 0.5) is 0 Å². The Morgan fingerprint density at radius 2 is 0.964 bits per heavy atom. The smallest absolute Gasteiger partial charge is 0.328 e. The molecule has 0 aliphatic heterocycles. The van der Waals surface area contributed by atoms with Gasteiger partial charge in [0.25, 0.3) is 0 Å². The van der Waals surface area contributed by atoms with E-state index in [0.29, 0.717) is 12.8 Å². The van der Waals surface area contributed by atoms with Crippen LogP contribution in [0.15, 0.2) is 24.3 Å². The first-order valence-corrected chi connectivity index (χ1v) is 23.2. The van der Waals surface area contributed by atoms with Crippen LogP contribution in [0, 0.1) is 0 Å². The number of carboxylic acid groups (broad SMARTS) is 1. The molecule has 0 aromatic carbocycles. The van der Waals surface area contributed by atoms with Crippen LogP contribution in [0.1, 0.15) is 226 Å². The number of rotatable bonds is 42. The van der Waals surface area contributed by atoms with E-state index in [1.54, 1.807) is 0 Å². The molecule has 0 spiro atoms. The monoisotopic (exact) mass is 791 g/mol. The number of aliphatic hydroxyl groups is 1. The number of ether oxygens (including phenoxy) is 1. The molecule has 326 valence electrons. The molecule has 0 heterocycles. The molecule has 0 aromatic rings. The summed E-state index contributed by atoms with van der Waals surface area (Å²) in [6, 6.07) is -1.39. The Kier molecular flexibility index (Phi) is 39.9. The molecule has 0 aliphatic carbocycles. The van der Waals surface area contributed by atoms with Crippen molar-refractivity contribution < 1.29 is 34.1 Å². The second kappa shape index (κ2) is 41.9. The van der Waals surface area contributed by atoms with Gasteiger partial charge in [-0.25, -0.2) is 4.79 Å². The van der Waals surface area contributed by atoms with Crippen molar-refractivity contribution in [2.45, 2.75) is 238 Å². The van der Waals surface area contributed by atoms with Crippen molar-refractivity contribution in [3.05, 3.63) is 24.3 Å². The molecule has 0 fully saturated rings. The first kappa shape index (κ1) is 53.3. The SMILES string of the molecule is CCCCCCCC/C=C\C(CCCCCCC(=O)NCC(=O)NC(CO)C(=O)O)OC(=O)CCCCCCCCCCC/C=C\CCCCCCCCCC. The zero-order chi connectivity index (χ0) is 41.2. The Morgan fingerprint density at radius 3 is 1.45 bits per heavy atom. The topological polar surface area (TPSA) is 142 Å². The summed E-state index contributed by atoms with van der Waals surface area (Å²) in [6.45, 7) is 3.45. The van der Waals surface area contributed by atoms with E-state index in [0.717, 1.165) is 51.4 Å². The summed E-state index contributed by atoms with van der Waals surface area (Å²) in [6.07, 6.45) is 46.6. The summed E-state index contributed by atoms with van der Waals surface area (Å²) >= 11 is 0. The second-order valence-electron chi connectivity index (χ2n) is 15.8. The van der Waals surface area contributed by atoms with Crippen LogP contribution in [0.5, 0.6) is 0 Å². The van der Waals surface area contributed by atoms with Crippen LogP contribution in [0.25, 0.3) is 0 Å². The molecule has 0 saturated carbocycles. The zero-order valence-corrected chi connectivity index (χ0v) is 36.1. The van der Waals surface area contributed by atoms with Crippen molar-refractivity contribution in [3.8, 4) is 0 Å². The van der Waals surface area contributed by atoms with E-state index < -0.39 is 24.5 Å². The van der Waals surface area contributed by atoms with Crippen LogP contribution >= 0.6 is 0 Å². The number of aliphatic hydroxyl groups excluding tert-OH is 1. The molecule has 0 aliphatic rings. The number of carboxylic acids is 1. The Morgan fingerprint density at radius 1 is 0.536 bits per heavy atom. The van der Waals surface area contributed by atoms with Gasteiger partial charge in [-0.2, -0.15) is 0 Å². The molecule has 0 aromatic heterocycles. The predicted molar refractivity (Wildman–Crippen MR) is 232 cm³/mol. The van der Waals surface area contributed by atoms with E-state index in [1.165, 1.54) is 141 Å². The van der Waals surface area contributed by atoms with Gasteiger partial charge in [0.1, 0.15) is 12.1 Å². The molecular weight excluding hydrogens is 705 g/mol. The van der Waals surface area contributed by atoms with Gasteiger partial charge >= 0.3 is 11.9 Å². The van der Waals surface area contributed by atoms with Crippen LogP contribution in [0.3, 0.4) is 0 Å². The van der Waals surface area contributed by atoms with E-state index in [1.807, 2.05) is 0 Å². The molecule has 56 heavy (non-hydrogen) atoms. The minimum Gasteiger partial charge on any atom is -0.480 e. The van der Waals surface area contributed by atoms with Gasteiger partial charge in [-0.15, -0.1) is 0 Å². The lowest BCUT2D eigenvalue weighted by atomic mass is 10.0. The quantitative estimate of drug-likeness (QED) is 0.0274. The second-order valence-corrected chi connectivity index (χ2v) is 15.8. The Bertz CT molecular complexity index is 999. The van der Waals surface area contributed by atoms with Gasteiger partial charge in [-0.05, 0) is 70.3 Å². The van der Waals surface area contributed by atoms with Crippen molar-refractivity contribution in [2.24, 2.45) is 0 Å². The fourth-order valence-corrected chi connectivity index (χ4v) is 6.80. The van der Waals surface area contributed by atoms with Crippen LogP contribution in [0.2, 0.25) is 0 Å². The minimum absolute atomic E-state index is 0.111. The molecule has 4 N–H and O–H groups in total. The molecule has 2 unspecified atom stereocenters. The van der Waals surface area contributed by atoms with E-state index in [4.69, 9.17) is 14.9 Å². The van der Waals surface area contributed by atoms with Crippen molar-refractivity contribution >= 4 is 23.8 Å². The molecule has 9 heteroatoms. The maximum absolute atomic E-state index is 12.7. The van der Waals surface area contributed by atoms with Gasteiger partial charge in [0, 0.05) is 12.8 Å². The average Bonchev–Trinajstić information content (AvgIpc) is 3.18. The fraction of sp³-hybridized carbons (Fsp3) is 0.830. The molecule has 9 nitrogen and oxygen atoms in total. The lowest BCUT2D eigenvalue weighted by Gasteiger charge is -2.15. The largest absolute Gasteiger partial charge is 0.480 e. The van der Waals surface area contributed by atoms with Crippen molar-refractivity contribution in [2.75, 3.05) is 13.2 Å². The number of carbonyl (C=O) groups excluding carboxylic acids is 3. The maximum Gasteiger partial charge on any atom is 0.328 e. The van der Waals surface area contributed by atoms with Gasteiger partial charge in [0.05, 0.1) is 13.2 Å². The molecule has 0 bridgehead atoms. The highest BCUT2D eigenvalue weighted by atomic mass is 16.5. The van der Waals surface area contributed by atoms with Gasteiger partial charge in [0.15, 0.2) is 0 Å². The summed E-state index contributed by atoms with van der Waals surface area (Å²) in [4.78, 5) is 47.6. The third kappa shape index (κ3) is 38.2. The third-order valence-corrected chi connectivity index (χ3v) is 10.4. The lowest BCUT2D eigenvalue weighted by Crippen LogP contribution is -2.47. The number of nitrogens with one attached hydrogen (secondary N) is 2. The highest BCUT2D eigenvalue weighted by Gasteiger charge is 2.18. The van der Waals surface area contributed by atoms with Crippen molar-refractivity contribution in [3.63, 3.8) is 0 Å². The van der Waals surface area contributed by atoms with E-state index in [9.17, 15) is 19.2 Å². The minimum atomic E-state index is -1.39. The highest BCUT2D eigenvalue weighted by molar-refractivity contribution is 5.87. The van der Waals surface area contributed by atoms with Gasteiger partial charge in [-0.3, -0.25) is 14.4 Å². The molecule has 2 atom stereocenters. The number of amides is 2. The number of carbonyl (C=O) groups is 4. The highest BCUT2D eigenvalue weighted by Crippen LogP contribution is 2.16. The predicted octanol–water partition coefficient (Wildman–Crippen LogP) is 11.6. The maximum atomic E-state index is 12.7. The first-order valence-electron chi connectivity index (χ1n) is 23.2. The van der Waals surface area contributed by atoms with E-state index in [-0.39, 0.29) is 30.9 Å². The normalized spacial score (nSPS) is 12.6. The van der Waals surface area contributed by atoms with Gasteiger partial charge in [0.2, 0.25) is 11.8 Å². The first-order chi connectivity index (χ1) is 27.3. The number of esters is 1. The Labute approximate surface area is 343 Å². The number of hydrogen-bond acceptors (Lipinski definition) is 6. The van der Waals surface area contributed by atoms with Crippen LogP contribution in [-0.4, -0.2) is 59.3 Å². The van der Waals surface area contributed by atoms with Crippen molar-refractivity contribution in [1.29, 1.82) is 0 Å². The number of allylic oxidation sites excluding steroid dienone is 3. The summed E-state index contributed by atoms with van der Waals surface area (Å²) < 4.78 is 5.92. The van der Waals surface area contributed by atoms with Gasteiger partial charge in [-0.1, -0.05) is 167 Å². The summed E-state index contributed by atoms with van der Waals surface area (Å²) in [5, 5.41) is 22.6. The summed E-state index contributed by atoms with van der Waals surface area (Å²) in [5.74, 6) is -2.39. The number of aliphatic carboxylic acids is 1. The molecular formula is C47H86N2O7. The molecule has 0 rings (SSSR count). The average molecular weight is 791 g/mol. The van der Waals surface area contributed by atoms with E-state index in [2.05, 4.69) is 48.8 Å². The van der Waals surface area contributed by atoms with E-state index >= 15 is 0 Å². The lowest BCUT2D eigenvalue weighted by molar-refractivity contribution is -0.147. The fourth-order valence-electron chi connectivity index (χ4n) is 6.80. The Balaban J connectivity index is 4.14. The summed E-state index contributed by atoms with van der Waals surface area (Å²) in [5.41, 5.74) is 0. The Hall–Kier alpha value is -2.68. The summed E-state index contributed by atoms with van der Waals surface area (Å²) in [7, 11) is 0. The third-order valence-electron chi connectivity index (χ3n) is 10.4. The van der Waals surface area contributed by atoms with Crippen LogP contribution < -0.4 is 10.6 Å². The number of hydrogen-bond donors (Lipinski definition) is 4. The van der Waals surface area contributed by atoms with Gasteiger partial charge < -0.3 is 25.6 Å². The molecule has 2 amide bonds. The number of unbranched alkanes of at least 4 members (excludes halogenated alkanes) is 26. The standard InChI is InChI=1S/C47H86N2O7/c1-3-5-7-9-11-13-14-15-16-17-18-19-20-21-22-23-24-25-27-29-35-39-46(53)56-42(36-32-28-26-12-10-8-6-4-2)37-33-30-31-34-38-44(51)48-40-45(52)49-43(41-50)47(54)55/h17-18,32,36,42-43,50H,3-16,19-31,33-35,37-41H2,1-2H3,(H,48,51)(H,49,52)(H,54,55)/b18-17-,36-32-. The molecule has 0 radical (unpaired) electrons. The van der Waals surface area contributed by atoms with Crippen LogP contribution in [-0.2, 0) is 23.9 Å². The molecule has 0 saturated heterocycles. The zero-order valence-electron chi connectivity index (χ0n) is 36.1. The van der Waals surface area contributed by atoms with Crippen molar-refractivity contribution in [1.82, 2.24) is 10.6 Å².